The zero-order chi connectivity index (χ0) is 11.3. The first-order chi connectivity index (χ1) is 7.15. The maximum Gasteiger partial charge on any atom is 0.348 e. The van der Waals surface area contributed by atoms with Crippen LogP contribution in [-0.2, 0) is 4.74 Å². The minimum absolute atomic E-state index is 0.335. The van der Waals surface area contributed by atoms with Crippen LogP contribution in [0, 0.1) is 0 Å². The Labute approximate surface area is 90.6 Å². The predicted molar refractivity (Wildman–Crippen MR) is 53.7 cm³/mol. The van der Waals surface area contributed by atoms with Crippen molar-refractivity contribution >= 4 is 17.3 Å². The van der Waals surface area contributed by atoms with Crippen molar-refractivity contribution in [1.29, 1.82) is 0 Å². The fourth-order valence-corrected chi connectivity index (χ4v) is 1.48. The summed E-state index contributed by atoms with van der Waals surface area (Å²) in [6, 6.07) is 3.31. The Kier molecular flexibility index (Phi) is 4.70. The Morgan fingerprint density at radius 1 is 1.47 bits per heavy atom. The molecule has 3 N–H and O–H groups in total. The molecule has 5 nitrogen and oxygen atoms in total. The fourth-order valence-electron chi connectivity index (χ4n) is 0.860. The second kappa shape index (κ2) is 5.82. The van der Waals surface area contributed by atoms with Gasteiger partial charge in [-0.1, -0.05) is 6.07 Å². The lowest BCUT2D eigenvalue weighted by Gasteiger charge is -2.14. The molecule has 15 heavy (non-hydrogen) atoms. The van der Waals surface area contributed by atoms with Gasteiger partial charge in [0.15, 0.2) is 0 Å². The average molecular weight is 232 g/mol. The van der Waals surface area contributed by atoms with Gasteiger partial charge in [-0.05, 0) is 11.4 Å². The molecule has 1 aromatic heterocycles. The summed E-state index contributed by atoms with van der Waals surface area (Å²) in [7, 11) is 0. The highest BCUT2D eigenvalue weighted by molar-refractivity contribution is 7.11. The lowest BCUT2D eigenvalue weighted by molar-refractivity contribution is -0.0466. The van der Waals surface area contributed by atoms with Crippen molar-refractivity contribution in [3.63, 3.8) is 0 Å². The van der Waals surface area contributed by atoms with Crippen molar-refractivity contribution in [3.05, 3.63) is 22.4 Å². The molecule has 84 valence electrons. The molecule has 0 spiro atoms. The van der Waals surface area contributed by atoms with Crippen LogP contribution >= 0.6 is 11.3 Å². The number of hydrogen-bond acceptors (Lipinski definition) is 6. The van der Waals surface area contributed by atoms with Gasteiger partial charge in [0.2, 0.25) is 0 Å². The van der Waals surface area contributed by atoms with E-state index in [1.807, 2.05) is 0 Å². The van der Waals surface area contributed by atoms with E-state index in [1.54, 1.807) is 17.5 Å². The van der Waals surface area contributed by atoms with E-state index in [0.717, 1.165) is 0 Å². The van der Waals surface area contributed by atoms with Crippen LogP contribution in [-0.4, -0.2) is 46.7 Å². The first-order valence-corrected chi connectivity index (χ1v) is 5.20. The van der Waals surface area contributed by atoms with Gasteiger partial charge in [-0.15, -0.1) is 11.3 Å². The van der Waals surface area contributed by atoms with Crippen molar-refractivity contribution in [2.45, 2.75) is 12.2 Å². The van der Waals surface area contributed by atoms with Crippen molar-refractivity contribution in [2.24, 2.45) is 0 Å². The highest BCUT2D eigenvalue weighted by Crippen LogP contribution is 2.10. The normalized spacial score (nSPS) is 14.6. The molecule has 0 amide bonds. The number of carbonyl (C=O) groups excluding carboxylic acids is 1. The van der Waals surface area contributed by atoms with Crippen LogP contribution in [0.5, 0.6) is 0 Å². The minimum Gasteiger partial charge on any atom is -0.459 e. The van der Waals surface area contributed by atoms with Gasteiger partial charge in [-0.2, -0.15) is 0 Å². The van der Waals surface area contributed by atoms with Gasteiger partial charge >= 0.3 is 5.97 Å². The summed E-state index contributed by atoms with van der Waals surface area (Å²) in [6.07, 6.45) is -2.56. The van der Waals surface area contributed by atoms with E-state index in [9.17, 15) is 9.90 Å². The summed E-state index contributed by atoms with van der Waals surface area (Å²) >= 11 is 1.23. The van der Waals surface area contributed by atoms with Gasteiger partial charge in [-0.3, -0.25) is 0 Å². The Bertz CT molecular complexity index is 297. The quantitative estimate of drug-likeness (QED) is 0.602. The molecule has 2 unspecified atom stereocenters. The van der Waals surface area contributed by atoms with E-state index in [1.165, 1.54) is 11.3 Å². The number of thiophene rings is 1. The molecular formula is C9H12O5S. The summed E-state index contributed by atoms with van der Waals surface area (Å²) in [5.74, 6) is -0.547. The molecular weight excluding hydrogens is 220 g/mol. The second-order valence-corrected chi connectivity index (χ2v) is 3.84. The number of esters is 1. The van der Waals surface area contributed by atoms with E-state index >= 15 is 0 Å². The van der Waals surface area contributed by atoms with Crippen molar-refractivity contribution < 1.29 is 24.9 Å². The Balaban J connectivity index is 2.34. The van der Waals surface area contributed by atoms with E-state index in [2.05, 4.69) is 0 Å². The van der Waals surface area contributed by atoms with Crippen LogP contribution in [0.15, 0.2) is 17.5 Å². The number of aliphatic hydroxyl groups is 3. The van der Waals surface area contributed by atoms with Crippen LogP contribution in [0.4, 0.5) is 0 Å². The third-order valence-electron chi connectivity index (χ3n) is 1.74. The fraction of sp³-hybridized carbons (Fsp3) is 0.444. The molecule has 2 atom stereocenters. The molecule has 0 aliphatic rings. The molecule has 6 heteroatoms. The highest BCUT2D eigenvalue weighted by Gasteiger charge is 2.18. The predicted octanol–water partition coefficient (Wildman–Crippen LogP) is -0.381. The molecule has 0 fully saturated rings. The first-order valence-electron chi connectivity index (χ1n) is 4.32. The zero-order valence-corrected chi connectivity index (χ0v) is 8.68. The van der Waals surface area contributed by atoms with Crippen LogP contribution in [0.2, 0.25) is 0 Å². The van der Waals surface area contributed by atoms with Crippen molar-refractivity contribution in [2.75, 3.05) is 13.2 Å². The average Bonchev–Trinajstić information content (AvgIpc) is 2.77. The zero-order valence-electron chi connectivity index (χ0n) is 7.87. The lowest BCUT2D eigenvalue weighted by atomic mass is 10.2. The second-order valence-electron chi connectivity index (χ2n) is 2.89. The third kappa shape index (κ3) is 3.60. The number of carbonyl (C=O) groups is 1. The van der Waals surface area contributed by atoms with Gasteiger partial charge in [-0.25, -0.2) is 4.79 Å². The molecule has 0 aromatic carbocycles. The maximum atomic E-state index is 11.3. The van der Waals surface area contributed by atoms with Gasteiger partial charge < -0.3 is 20.1 Å². The van der Waals surface area contributed by atoms with Gasteiger partial charge in [0.25, 0.3) is 0 Å². The standard InChI is InChI=1S/C9H12O5S/c10-4-6(11)7(12)5-14-9(13)8-2-1-3-15-8/h1-3,6-7,10-12H,4-5H2. The lowest BCUT2D eigenvalue weighted by Crippen LogP contribution is -2.34. The molecule has 0 saturated carbocycles. The van der Waals surface area contributed by atoms with E-state index in [4.69, 9.17) is 14.9 Å². The smallest absolute Gasteiger partial charge is 0.348 e. The van der Waals surface area contributed by atoms with Crippen LogP contribution in [0.3, 0.4) is 0 Å². The molecule has 0 bridgehead atoms. The molecule has 1 rings (SSSR count). The Hall–Kier alpha value is -0.950. The molecule has 1 heterocycles. The van der Waals surface area contributed by atoms with E-state index in [-0.39, 0.29) is 6.61 Å². The number of ether oxygens (including phenoxy) is 1. The highest BCUT2D eigenvalue weighted by atomic mass is 32.1. The van der Waals surface area contributed by atoms with Crippen LogP contribution in [0.25, 0.3) is 0 Å². The van der Waals surface area contributed by atoms with Crippen LogP contribution in [0.1, 0.15) is 9.67 Å². The van der Waals surface area contributed by atoms with E-state index in [0.29, 0.717) is 4.88 Å². The maximum absolute atomic E-state index is 11.3. The summed E-state index contributed by atoms with van der Waals surface area (Å²) in [5, 5.41) is 28.4. The summed E-state index contributed by atoms with van der Waals surface area (Å²) < 4.78 is 4.72. The third-order valence-corrected chi connectivity index (χ3v) is 2.59. The summed E-state index contributed by atoms with van der Waals surface area (Å²) in [4.78, 5) is 11.7. The van der Waals surface area contributed by atoms with Gasteiger partial charge in [0.1, 0.15) is 23.7 Å². The van der Waals surface area contributed by atoms with Crippen LogP contribution < -0.4 is 0 Å². The Morgan fingerprint density at radius 2 is 2.20 bits per heavy atom. The van der Waals surface area contributed by atoms with E-state index < -0.39 is 24.8 Å². The van der Waals surface area contributed by atoms with Crippen molar-refractivity contribution in [1.82, 2.24) is 0 Å². The number of hydrogen-bond donors (Lipinski definition) is 3. The number of rotatable bonds is 5. The number of aliphatic hydroxyl groups excluding tert-OH is 3. The summed E-state index contributed by atoms with van der Waals surface area (Å²) in [5.41, 5.74) is 0. The largest absolute Gasteiger partial charge is 0.459 e. The topological polar surface area (TPSA) is 87.0 Å². The Morgan fingerprint density at radius 3 is 2.73 bits per heavy atom. The molecule has 0 aliphatic heterocycles. The molecule has 0 saturated heterocycles. The molecule has 0 aliphatic carbocycles. The molecule has 1 aromatic rings. The van der Waals surface area contributed by atoms with Gasteiger partial charge in [0, 0.05) is 0 Å². The first kappa shape index (κ1) is 12.1. The molecule has 0 radical (unpaired) electrons. The van der Waals surface area contributed by atoms with Crippen molar-refractivity contribution in [3.8, 4) is 0 Å². The monoisotopic (exact) mass is 232 g/mol. The SMILES string of the molecule is O=C(OCC(O)C(O)CO)c1cccs1. The van der Waals surface area contributed by atoms with Gasteiger partial charge in [0.05, 0.1) is 6.61 Å². The summed E-state index contributed by atoms with van der Waals surface area (Å²) in [6.45, 7) is -0.907. The minimum atomic E-state index is -1.29.